The van der Waals surface area contributed by atoms with E-state index in [0.717, 1.165) is 50.3 Å². The van der Waals surface area contributed by atoms with Gasteiger partial charge in [-0.1, -0.05) is 18.2 Å². The van der Waals surface area contributed by atoms with Gasteiger partial charge in [0.25, 0.3) is 0 Å². The molecule has 148 valence electrons. The molecule has 2 atom stereocenters. The second-order valence-electron chi connectivity index (χ2n) is 8.05. The van der Waals surface area contributed by atoms with Crippen LogP contribution < -0.4 is 4.74 Å². The summed E-state index contributed by atoms with van der Waals surface area (Å²) in [6.07, 6.45) is 7.34. The molecule has 2 bridgehead atoms. The number of hydrogen-bond acceptors (Lipinski definition) is 4. The fourth-order valence-corrected chi connectivity index (χ4v) is 4.54. The van der Waals surface area contributed by atoms with Crippen LogP contribution in [0.2, 0.25) is 0 Å². The first-order valence-corrected chi connectivity index (χ1v) is 10.2. The lowest BCUT2D eigenvalue weighted by molar-refractivity contribution is -0.135. The second kappa shape index (κ2) is 8.74. The van der Waals surface area contributed by atoms with Gasteiger partial charge >= 0.3 is 0 Å². The molecular formula is C23H29N3O2. The normalized spacial score (nSPS) is 22.1. The van der Waals surface area contributed by atoms with E-state index in [0.29, 0.717) is 24.3 Å². The number of rotatable bonds is 6. The number of piperidine rings is 1. The molecule has 3 saturated heterocycles. The van der Waals surface area contributed by atoms with Crippen molar-refractivity contribution < 1.29 is 9.53 Å². The Kier molecular flexibility index (Phi) is 5.91. The van der Waals surface area contributed by atoms with Crippen molar-refractivity contribution in [1.82, 2.24) is 14.8 Å². The number of amides is 1. The average molecular weight is 380 g/mol. The first kappa shape index (κ1) is 18.9. The fraction of sp³-hybridized carbons (Fsp3) is 0.478. The Morgan fingerprint density at radius 2 is 1.96 bits per heavy atom. The van der Waals surface area contributed by atoms with Crippen LogP contribution in [-0.4, -0.2) is 53.5 Å². The lowest BCUT2D eigenvalue weighted by Crippen LogP contribution is -2.47. The van der Waals surface area contributed by atoms with Gasteiger partial charge in [-0.15, -0.1) is 0 Å². The van der Waals surface area contributed by atoms with Crippen LogP contribution in [0.25, 0.3) is 0 Å². The lowest BCUT2D eigenvalue weighted by Gasteiger charge is -2.36. The Hall–Kier alpha value is -2.40. The Morgan fingerprint density at radius 3 is 2.71 bits per heavy atom. The number of ether oxygens (including phenoxy) is 1. The maximum atomic E-state index is 12.9. The molecule has 0 radical (unpaired) electrons. The predicted octanol–water partition coefficient (Wildman–Crippen LogP) is 3.15. The third-order valence-electron chi connectivity index (χ3n) is 6.03. The number of aryl methyl sites for hydroxylation is 1. The summed E-state index contributed by atoms with van der Waals surface area (Å²) in [5.74, 6) is 1.77. The Morgan fingerprint density at radius 1 is 1.11 bits per heavy atom. The van der Waals surface area contributed by atoms with Crippen LogP contribution in [0.5, 0.6) is 5.75 Å². The third kappa shape index (κ3) is 4.53. The second-order valence-corrected chi connectivity index (χ2v) is 8.05. The van der Waals surface area contributed by atoms with Gasteiger partial charge in [-0.05, 0) is 54.5 Å². The maximum Gasteiger partial charge on any atom is 0.223 e. The van der Waals surface area contributed by atoms with Crippen molar-refractivity contribution in [2.45, 2.75) is 38.3 Å². The van der Waals surface area contributed by atoms with Gasteiger partial charge in [0, 0.05) is 51.0 Å². The quantitative estimate of drug-likeness (QED) is 0.774. The number of aromatic nitrogens is 1. The highest BCUT2D eigenvalue weighted by Gasteiger charge is 2.36. The van der Waals surface area contributed by atoms with E-state index < -0.39 is 0 Å². The molecule has 1 amide bonds. The summed E-state index contributed by atoms with van der Waals surface area (Å²) in [6, 6.07) is 12.7. The summed E-state index contributed by atoms with van der Waals surface area (Å²) in [6.45, 7) is 3.90. The zero-order valence-corrected chi connectivity index (χ0v) is 16.6. The van der Waals surface area contributed by atoms with Gasteiger partial charge in [0.1, 0.15) is 5.75 Å². The average Bonchev–Trinajstić information content (AvgIpc) is 3.04. The van der Waals surface area contributed by atoms with Crippen molar-refractivity contribution in [2.24, 2.45) is 5.92 Å². The van der Waals surface area contributed by atoms with Crippen molar-refractivity contribution in [3.05, 3.63) is 59.9 Å². The van der Waals surface area contributed by atoms with Crippen molar-refractivity contribution in [2.75, 3.05) is 26.7 Å². The molecule has 0 aliphatic carbocycles. The predicted molar refractivity (Wildman–Crippen MR) is 109 cm³/mol. The molecule has 5 rings (SSSR count). The topological polar surface area (TPSA) is 45.7 Å². The van der Waals surface area contributed by atoms with Crippen LogP contribution >= 0.6 is 0 Å². The third-order valence-corrected chi connectivity index (χ3v) is 6.03. The van der Waals surface area contributed by atoms with Gasteiger partial charge in [-0.2, -0.15) is 0 Å². The molecule has 0 unspecified atom stereocenters. The van der Waals surface area contributed by atoms with Gasteiger partial charge in [0.15, 0.2) is 0 Å². The Labute approximate surface area is 167 Å². The molecule has 3 aliphatic heterocycles. The highest BCUT2D eigenvalue weighted by Crippen LogP contribution is 2.29. The minimum absolute atomic E-state index is 0.296. The minimum Gasteiger partial charge on any atom is -0.497 e. The number of pyridine rings is 1. The Balaban J connectivity index is 1.36. The van der Waals surface area contributed by atoms with Gasteiger partial charge < -0.3 is 9.64 Å². The van der Waals surface area contributed by atoms with Crippen molar-refractivity contribution >= 4 is 5.91 Å². The zero-order valence-electron chi connectivity index (χ0n) is 16.6. The van der Waals surface area contributed by atoms with E-state index in [1.54, 1.807) is 13.3 Å². The lowest BCUT2D eigenvalue weighted by atomic mass is 9.94. The highest BCUT2D eigenvalue weighted by molar-refractivity contribution is 5.77. The van der Waals surface area contributed by atoms with E-state index in [9.17, 15) is 4.79 Å². The van der Waals surface area contributed by atoms with Gasteiger partial charge in [0.05, 0.1) is 7.11 Å². The molecule has 0 N–H and O–H groups in total. The largest absolute Gasteiger partial charge is 0.497 e. The van der Waals surface area contributed by atoms with E-state index in [2.05, 4.69) is 26.9 Å². The minimum atomic E-state index is 0.296. The number of carbonyl (C=O) groups is 1. The molecule has 1 aromatic heterocycles. The molecule has 0 saturated carbocycles. The summed E-state index contributed by atoms with van der Waals surface area (Å²) < 4.78 is 5.26. The monoisotopic (exact) mass is 379 g/mol. The smallest absolute Gasteiger partial charge is 0.223 e. The number of nitrogens with zero attached hydrogens (tertiary/aromatic N) is 3. The molecule has 28 heavy (non-hydrogen) atoms. The number of carbonyl (C=O) groups excluding carboxylic acids is 1. The molecular weight excluding hydrogens is 350 g/mol. The van der Waals surface area contributed by atoms with Crippen LogP contribution in [0.4, 0.5) is 0 Å². The molecule has 1 aromatic carbocycles. The first-order valence-electron chi connectivity index (χ1n) is 10.2. The summed E-state index contributed by atoms with van der Waals surface area (Å²) in [5, 5.41) is 0. The van der Waals surface area contributed by atoms with Crippen LogP contribution in [0, 0.1) is 5.92 Å². The molecule has 4 heterocycles. The molecule has 0 spiro atoms. The number of fused-ring (bicyclic) bond motifs is 4. The van der Waals surface area contributed by atoms with Crippen LogP contribution in [-0.2, 0) is 17.8 Å². The number of benzene rings is 1. The highest BCUT2D eigenvalue weighted by atomic mass is 16.5. The summed E-state index contributed by atoms with van der Waals surface area (Å²) >= 11 is 0. The van der Waals surface area contributed by atoms with Crippen molar-refractivity contribution in [3.63, 3.8) is 0 Å². The Bertz CT molecular complexity index is 778. The van der Waals surface area contributed by atoms with Gasteiger partial charge in [0.2, 0.25) is 5.91 Å². The van der Waals surface area contributed by atoms with Crippen LogP contribution in [0.3, 0.4) is 0 Å². The van der Waals surface area contributed by atoms with Gasteiger partial charge in [-0.25, -0.2) is 0 Å². The molecule has 3 fully saturated rings. The molecule has 5 heteroatoms. The number of hydrogen-bond donors (Lipinski definition) is 0. The SMILES string of the molecule is COc1ccc(CN2C[C@H]3CC[C@@H](C2)N(C(=O)CCc2cccnc2)C3)cc1. The molecule has 3 aliphatic rings. The van der Waals surface area contributed by atoms with Crippen molar-refractivity contribution in [3.8, 4) is 5.75 Å². The summed E-state index contributed by atoms with van der Waals surface area (Å²) in [7, 11) is 1.70. The van der Waals surface area contributed by atoms with Crippen molar-refractivity contribution in [1.29, 1.82) is 0 Å². The summed E-state index contributed by atoms with van der Waals surface area (Å²) in [4.78, 5) is 21.8. The van der Waals surface area contributed by atoms with E-state index in [1.165, 1.54) is 12.0 Å². The van der Waals surface area contributed by atoms with E-state index in [4.69, 9.17) is 4.74 Å². The summed E-state index contributed by atoms with van der Waals surface area (Å²) in [5.41, 5.74) is 2.44. The maximum absolute atomic E-state index is 12.9. The van der Waals surface area contributed by atoms with E-state index in [-0.39, 0.29) is 0 Å². The van der Waals surface area contributed by atoms with Crippen LogP contribution in [0.1, 0.15) is 30.4 Å². The van der Waals surface area contributed by atoms with E-state index >= 15 is 0 Å². The molecule has 2 aromatic rings. The fourth-order valence-electron chi connectivity index (χ4n) is 4.54. The molecule has 5 nitrogen and oxygen atoms in total. The van der Waals surface area contributed by atoms with Crippen LogP contribution in [0.15, 0.2) is 48.8 Å². The standard InChI is InChI=1S/C23H29N3O2/c1-28-22-9-5-19(6-10-22)14-25-15-20-4-8-21(17-25)26(16-20)23(27)11-7-18-3-2-12-24-13-18/h2-3,5-6,9-10,12-13,20-21H,4,7-8,11,14-17H2,1H3/t20-,21+/m1/s1. The number of methoxy groups -OCH3 is 1. The zero-order chi connectivity index (χ0) is 19.3. The van der Waals surface area contributed by atoms with E-state index in [1.807, 2.05) is 30.5 Å². The first-order chi connectivity index (χ1) is 13.7. The van der Waals surface area contributed by atoms with Gasteiger partial charge in [-0.3, -0.25) is 14.7 Å².